The zero-order chi connectivity index (χ0) is 17.6. The van der Waals surface area contributed by atoms with Gasteiger partial charge in [-0.15, -0.1) is 24.0 Å². The van der Waals surface area contributed by atoms with Gasteiger partial charge in [0.2, 0.25) is 5.89 Å². The smallest absolute Gasteiger partial charge is 0.223 e. The van der Waals surface area contributed by atoms with Crippen molar-refractivity contribution in [1.82, 2.24) is 20.4 Å². The lowest BCUT2D eigenvalue weighted by atomic mass is 10.2. The van der Waals surface area contributed by atoms with E-state index in [1.54, 1.807) is 13.0 Å². The zero-order valence-electron chi connectivity index (χ0n) is 15.1. The van der Waals surface area contributed by atoms with Gasteiger partial charge in [0.05, 0.1) is 5.69 Å². The first-order valence-electron chi connectivity index (χ1n) is 8.52. The maximum atomic E-state index is 10.0. The van der Waals surface area contributed by atoms with Crippen LogP contribution < -0.4 is 10.2 Å². The molecule has 0 spiro atoms. The molecule has 0 saturated carbocycles. The van der Waals surface area contributed by atoms with Crippen molar-refractivity contribution < 1.29 is 9.63 Å². The van der Waals surface area contributed by atoms with Crippen LogP contribution in [0.25, 0.3) is 0 Å². The van der Waals surface area contributed by atoms with Gasteiger partial charge in [-0.25, -0.2) is 4.99 Å². The summed E-state index contributed by atoms with van der Waals surface area (Å²) in [4.78, 5) is 13.2. The number of aromatic hydroxyl groups is 1. The van der Waals surface area contributed by atoms with Crippen molar-refractivity contribution in [2.75, 3.05) is 37.6 Å². The number of halogens is 1. The van der Waals surface area contributed by atoms with Crippen LogP contribution in [0.3, 0.4) is 0 Å². The molecular weight excluding hydrogens is 447 g/mol. The lowest BCUT2D eigenvalue weighted by Crippen LogP contribution is -2.52. The number of aliphatic imine (C=N–C) groups is 1. The number of phenolic OH excluding ortho intramolecular Hbond substituents is 1. The fourth-order valence-corrected chi connectivity index (χ4v) is 2.87. The van der Waals surface area contributed by atoms with Gasteiger partial charge in [0.1, 0.15) is 12.3 Å². The molecule has 2 N–H and O–H groups in total. The topological polar surface area (TPSA) is 90.0 Å². The SMILES string of the molecule is CCNC(=NCc1noc(C)n1)N1CCN(c2ccccc2O)CC1.I. The molecular formula is C17H25IN6O2. The van der Waals surface area contributed by atoms with Crippen LogP contribution in [0.15, 0.2) is 33.8 Å². The average Bonchev–Trinajstić information content (AvgIpc) is 3.05. The Hall–Kier alpha value is -2.04. The second-order valence-electron chi connectivity index (χ2n) is 5.86. The lowest BCUT2D eigenvalue weighted by molar-refractivity contribution is 0.368. The number of hydrogen-bond donors (Lipinski definition) is 2. The van der Waals surface area contributed by atoms with E-state index in [-0.39, 0.29) is 24.0 Å². The first kappa shape index (κ1) is 20.3. The van der Waals surface area contributed by atoms with Gasteiger partial charge in [-0.3, -0.25) is 0 Å². The number of nitrogens with zero attached hydrogens (tertiary/aromatic N) is 5. The number of benzene rings is 1. The van der Waals surface area contributed by atoms with Gasteiger partial charge in [-0.05, 0) is 19.1 Å². The number of para-hydroxylation sites is 2. The number of aromatic nitrogens is 2. The van der Waals surface area contributed by atoms with E-state index >= 15 is 0 Å². The number of anilines is 1. The molecule has 26 heavy (non-hydrogen) atoms. The summed E-state index contributed by atoms with van der Waals surface area (Å²) in [6.07, 6.45) is 0. The Bertz CT molecular complexity index is 728. The van der Waals surface area contributed by atoms with E-state index in [0.29, 0.717) is 24.0 Å². The Balaban J connectivity index is 0.00000243. The van der Waals surface area contributed by atoms with Crippen molar-refractivity contribution in [3.05, 3.63) is 36.0 Å². The standard InChI is InChI=1S/C17H24N6O2.HI/c1-3-18-17(19-12-16-20-13(2)25-21-16)23-10-8-22(9-11-23)14-6-4-5-7-15(14)24;/h4-7,24H,3,8-12H2,1-2H3,(H,18,19);1H. The highest BCUT2D eigenvalue weighted by atomic mass is 127. The van der Waals surface area contributed by atoms with Crippen LogP contribution in [0.4, 0.5) is 5.69 Å². The molecule has 1 aliphatic rings. The zero-order valence-corrected chi connectivity index (χ0v) is 17.4. The number of guanidine groups is 1. The first-order valence-corrected chi connectivity index (χ1v) is 8.52. The van der Waals surface area contributed by atoms with Crippen molar-refractivity contribution in [2.45, 2.75) is 20.4 Å². The molecule has 0 bridgehead atoms. The minimum Gasteiger partial charge on any atom is -0.506 e. The molecule has 0 radical (unpaired) electrons. The summed E-state index contributed by atoms with van der Waals surface area (Å²) in [5, 5.41) is 17.2. The van der Waals surface area contributed by atoms with Gasteiger partial charge in [0.15, 0.2) is 11.8 Å². The molecule has 1 aromatic heterocycles. The Labute approximate surface area is 170 Å². The summed E-state index contributed by atoms with van der Waals surface area (Å²) >= 11 is 0. The number of rotatable bonds is 4. The number of aryl methyl sites for hydroxylation is 1. The Morgan fingerprint density at radius 2 is 2.00 bits per heavy atom. The van der Waals surface area contributed by atoms with Crippen molar-refractivity contribution in [2.24, 2.45) is 4.99 Å². The van der Waals surface area contributed by atoms with E-state index in [1.807, 2.05) is 25.1 Å². The monoisotopic (exact) mass is 472 g/mol. The fourth-order valence-electron chi connectivity index (χ4n) is 2.87. The molecule has 0 atom stereocenters. The fraction of sp³-hybridized carbons (Fsp3) is 0.471. The second kappa shape index (κ2) is 9.60. The van der Waals surface area contributed by atoms with Crippen LogP contribution in [0.1, 0.15) is 18.6 Å². The van der Waals surface area contributed by atoms with Gasteiger partial charge in [-0.2, -0.15) is 4.98 Å². The van der Waals surface area contributed by atoms with E-state index in [1.165, 1.54) is 0 Å². The van der Waals surface area contributed by atoms with Crippen LogP contribution in [0.5, 0.6) is 5.75 Å². The molecule has 8 nitrogen and oxygen atoms in total. The Kier molecular flexibility index (Phi) is 7.49. The molecule has 142 valence electrons. The lowest BCUT2D eigenvalue weighted by Gasteiger charge is -2.37. The van der Waals surface area contributed by atoms with Gasteiger partial charge in [0, 0.05) is 39.6 Å². The van der Waals surface area contributed by atoms with Crippen LogP contribution in [0.2, 0.25) is 0 Å². The van der Waals surface area contributed by atoms with Crippen LogP contribution in [0, 0.1) is 6.92 Å². The molecule has 1 aromatic carbocycles. The minimum atomic E-state index is 0. The Morgan fingerprint density at radius 1 is 1.27 bits per heavy atom. The molecule has 2 aromatic rings. The predicted molar refractivity (Wildman–Crippen MR) is 111 cm³/mol. The summed E-state index contributed by atoms with van der Waals surface area (Å²) in [6, 6.07) is 7.45. The maximum Gasteiger partial charge on any atom is 0.223 e. The molecule has 1 aliphatic heterocycles. The van der Waals surface area contributed by atoms with E-state index in [4.69, 9.17) is 4.52 Å². The molecule has 3 rings (SSSR count). The van der Waals surface area contributed by atoms with E-state index in [9.17, 15) is 5.11 Å². The summed E-state index contributed by atoms with van der Waals surface area (Å²) in [5.74, 6) is 2.30. The first-order chi connectivity index (χ1) is 12.2. The van der Waals surface area contributed by atoms with Gasteiger partial charge < -0.3 is 24.7 Å². The third kappa shape index (κ3) is 4.99. The number of nitrogens with one attached hydrogen (secondary N) is 1. The van der Waals surface area contributed by atoms with Gasteiger partial charge >= 0.3 is 0 Å². The second-order valence-corrected chi connectivity index (χ2v) is 5.86. The number of piperazine rings is 1. The van der Waals surface area contributed by atoms with Crippen LogP contribution in [-0.4, -0.2) is 58.8 Å². The predicted octanol–water partition coefficient (Wildman–Crippen LogP) is 1.99. The van der Waals surface area contributed by atoms with Gasteiger partial charge in [0.25, 0.3) is 0 Å². The number of phenols is 1. The minimum absolute atomic E-state index is 0. The third-order valence-electron chi connectivity index (χ3n) is 4.08. The van der Waals surface area contributed by atoms with E-state index < -0.39 is 0 Å². The molecule has 1 fully saturated rings. The van der Waals surface area contributed by atoms with E-state index in [2.05, 4.69) is 30.2 Å². The quantitative estimate of drug-likeness (QED) is 0.400. The maximum absolute atomic E-state index is 10.0. The van der Waals surface area contributed by atoms with Crippen molar-refractivity contribution in [3.63, 3.8) is 0 Å². The molecule has 9 heteroatoms. The molecule has 2 heterocycles. The highest BCUT2D eigenvalue weighted by Gasteiger charge is 2.21. The van der Waals surface area contributed by atoms with Gasteiger partial charge in [-0.1, -0.05) is 17.3 Å². The molecule has 1 saturated heterocycles. The van der Waals surface area contributed by atoms with Crippen molar-refractivity contribution in [3.8, 4) is 5.75 Å². The summed E-state index contributed by atoms with van der Waals surface area (Å²) in [7, 11) is 0. The molecule has 0 unspecified atom stereocenters. The van der Waals surface area contributed by atoms with Crippen LogP contribution in [-0.2, 0) is 6.54 Å². The summed E-state index contributed by atoms with van der Waals surface area (Å²) < 4.78 is 4.98. The average molecular weight is 472 g/mol. The molecule has 0 aliphatic carbocycles. The number of hydrogen-bond acceptors (Lipinski definition) is 6. The normalized spacial score (nSPS) is 14.9. The van der Waals surface area contributed by atoms with E-state index in [0.717, 1.165) is 44.4 Å². The third-order valence-corrected chi connectivity index (χ3v) is 4.08. The van der Waals surface area contributed by atoms with Crippen molar-refractivity contribution >= 4 is 35.6 Å². The van der Waals surface area contributed by atoms with Crippen LogP contribution >= 0.6 is 24.0 Å². The summed E-state index contributed by atoms with van der Waals surface area (Å²) in [5.41, 5.74) is 0.881. The highest BCUT2D eigenvalue weighted by molar-refractivity contribution is 14.0. The summed E-state index contributed by atoms with van der Waals surface area (Å²) in [6.45, 7) is 8.29. The highest BCUT2D eigenvalue weighted by Crippen LogP contribution is 2.27. The largest absolute Gasteiger partial charge is 0.506 e. The van der Waals surface area contributed by atoms with Crippen molar-refractivity contribution in [1.29, 1.82) is 0 Å². The Morgan fingerprint density at radius 3 is 2.62 bits per heavy atom. The molecule has 0 amide bonds.